The van der Waals surface area contributed by atoms with Gasteiger partial charge in [-0.25, -0.2) is 8.42 Å². The van der Waals surface area contributed by atoms with Crippen LogP contribution in [-0.4, -0.2) is 64.6 Å². The summed E-state index contributed by atoms with van der Waals surface area (Å²) in [6.45, 7) is 4.89. The second-order valence-electron chi connectivity index (χ2n) is 7.68. The van der Waals surface area contributed by atoms with Crippen molar-refractivity contribution in [3.05, 3.63) is 29.9 Å². The van der Waals surface area contributed by atoms with Crippen LogP contribution in [0.25, 0.3) is 0 Å². The molecule has 0 saturated carbocycles. The van der Waals surface area contributed by atoms with Crippen LogP contribution in [-0.2, 0) is 16.6 Å². The summed E-state index contributed by atoms with van der Waals surface area (Å²) in [5, 5.41) is 8.18. The number of piperidine rings is 2. The van der Waals surface area contributed by atoms with E-state index in [1.165, 1.54) is 10.5 Å². The van der Waals surface area contributed by atoms with Crippen LogP contribution in [0, 0.1) is 0 Å². The first-order valence-electron chi connectivity index (χ1n) is 10.3. The fourth-order valence-electron chi connectivity index (χ4n) is 4.03. The third kappa shape index (κ3) is 4.09. The van der Waals surface area contributed by atoms with Crippen molar-refractivity contribution < 1.29 is 17.7 Å². The van der Waals surface area contributed by atoms with Crippen LogP contribution in [0.2, 0.25) is 0 Å². The van der Waals surface area contributed by atoms with Crippen molar-refractivity contribution in [1.29, 1.82) is 0 Å². The summed E-state index contributed by atoms with van der Waals surface area (Å²) in [4.78, 5) is 14.6. The number of carbonyl (C=O) groups is 1. The summed E-state index contributed by atoms with van der Waals surface area (Å²) in [5.74, 6) is 0.270. The molecule has 2 aromatic rings. The maximum absolute atomic E-state index is 12.8. The molecule has 2 fully saturated rings. The van der Waals surface area contributed by atoms with Gasteiger partial charge in [0.15, 0.2) is 0 Å². The van der Waals surface area contributed by atoms with Gasteiger partial charge in [0.05, 0.1) is 11.9 Å². The second-order valence-corrected chi connectivity index (χ2v) is 9.62. The molecule has 0 bridgehead atoms. The van der Waals surface area contributed by atoms with E-state index in [-0.39, 0.29) is 22.5 Å². The Hall–Kier alpha value is -2.20. The molecule has 0 unspecified atom stereocenters. The number of hydrogen-bond donors (Lipinski definition) is 0. The highest BCUT2D eigenvalue weighted by Gasteiger charge is 2.32. The highest BCUT2D eigenvalue weighted by atomic mass is 32.2. The maximum atomic E-state index is 12.8. The highest BCUT2D eigenvalue weighted by molar-refractivity contribution is 7.89. The lowest BCUT2D eigenvalue weighted by atomic mass is 9.94. The summed E-state index contributed by atoms with van der Waals surface area (Å²) < 4.78 is 34.1. The number of rotatable bonds is 5. The van der Waals surface area contributed by atoms with Crippen molar-refractivity contribution in [1.82, 2.24) is 24.1 Å². The van der Waals surface area contributed by atoms with Crippen molar-refractivity contribution >= 4 is 15.9 Å². The number of aromatic nitrogens is 3. The SMILES string of the molecule is CCn1cc(S(=O)(=O)N2CCC(c3cc(C(=O)N4CCCCC4)on3)CC2)cn1. The van der Waals surface area contributed by atoms with E-state index in [0.29, 0.717) is 32.5 Å². The summed E-state index contributed by atoms with van der Waals surface area (Å²) >= 11 is 0. The zero-order valence-electron chi connectivity index (χ0n) is 16.7. The Balaban J connectivity index is 1.38. The van der Waals surface area contributed by atoms with E-state index in [2.05, 4.69) is 10.3 Å². The minimum Gasteiger partial charge on any atom is -0.351 e. The summed E-state index contributed by atoms with van der Waals surface area (Å²) in [5.41, 5.74) is 0.737. The Morgan fingerprint density at radius 3 is 2.55 bits per heavy atom. The molecule has 29 heavy (non-hydrogen) atoms. The van der Waals surface area contributed by atoms with E-state index in [9.17, 15) is 13.2 Å². The lowest BCUT2D eigenvalue weighted by molar-refractivity contribution is 0.0682. The largest absolute Gasteiger partial charge is 0.351 e. The molecular weight excluding hydrogens is 394 g/mol. The van der Waals surface area contributed by atoms with E-state index in [1.54, 1.807) is 16.9 Å². The van der Waals surface area contributed by atoms with Gasteiger partial charge in [0.2, 0.25) is 15.8 Å². The number of carbonyl (C=O) groups excluding carboxylic acids is 1. The van der Waals surface area contributed by atoms with Crippen LogP contribution < -0.4 is 0 Å². The van der Waals surface area contributed by atoms with Gasteiger partial charge < -0.3 is 9.42 Å². The van der Waals surface area contributed by atoms with Crippen molar-refractivity contribution in [3.8, 4) is 0 Å². The first kappa shape index (κ1) is 20.1. The Morgan fingerprint density at radius 2 is 1.90 bits per heavy atom. The van der Waals surface area contributed by atoms with E-state index in [0.717, 1.165) is 38.0 Å². The quantitative estimate of drug-likeness (QED) is 0.733. The predicted molar refractivity (Wildman–Crippen MR) is 105 cm³/mol. The van der Waals surface area contributed by atoms with Crippen LogP contribution in [0.4, 0.5) is 0 Å². The molecule has 158 valence electrons. The van der Waals surface area contributed by atoms with Gasteiger partial charge in [-0.05, 0) is 39.0 Å². The van der Waals surface area contributed by atoms with Gasteiger partial charge in [0.1, 0.15) is 4.90 Å². The van der Waals surface area contributed by atoms with Crippen molar-refractivity contribution in [2.24, 2.45) is 0 Å². The second kappa shape index (κ2) is 8.27. The van der Waals surface area contributed by atoms with Gasteiger partial charge in [-0.3, -0.25) is 9.48 Å². The van der Waals surface area contributed by atoms with Gasteiger partial charge in [0.25, 0.3) is 5.91 Å². The Kier molecular flexibility index (Phi) is 5.73. The maximum Gasteiger partial charge on any atom is 0.292 e. The molecule has 1 amide bonds. The molecule has 0 N–H and O–H groups in total. The average Bonchev–Trinajstić information content (AvgIpc) is 3.44. The van der Waals surface area contributed by atoms with Crippen LogP contribution in [0.15, 0.2) is 27.9 Å². The van der Waals surface area contributed by atoms with Crippen LogP contribution >= 0.6 is 0 Å². The smallest absolute Gasteiger partial charge is 0.292 e. The van der Waals surface area contributed by atoms with Gasteiger partial charge in [0, 0.05) is 50.9 Å². The lowest BCUT2D eigenvalue weighted by Gasteiger charge is -2.29. The third-order valence-corrected chi connectivity index (χ3v) is 7.68. The topological polar surface area (TPSA) is 102 Å². The molecule has 10 heteroatoms. The molecule has 4 rings (SSSR count). The number of likely N-dealkylation sites (tertiary alicyclic amines) is 1. The normalized spacial score (nSPS) is 19.6. The van der Waals surface area contributed by atoms with E-state index in [1.807, 2.05) is 11.8 Å². The summed E-state index contributed by atoms with van der Waals surface area (Å²) in [7, 11) is -3.53. The molecule has 4 heterocycles. The minimum absolute atomic E-state index is 0.0893. The molecule has 0 atom stereocenters. The monoisotopic (exact) mass is 421 g/mol. The van der Waals surface area contributed by atoms with E-state index < -0.39 is 10.0 Å². The first-order valence-corrected chi connectivity index (χ1v) is 11.7. The van der Waals surface area contributed by atoms with Crippen LogP contribution in [0.5, 0.6) is 0 Å². The highest BCUT2D eigenvalue weighted by Crippen LogP contribution is 2.30. The summed E-state index contributed by atoms with van der Waals surface area (Å²) in [6, 6.07) is 1.73. The van der Waals surface area contributed by atoms with E-state index >= 15 is 0 Å². The van der Waals surface area contributed by atoms with Gasteiger partial charge in [-0.2, -0.15) is 9.40 Å². The van der Waals surface area contributed by atoms with Crippen LogP contribution in [0.1, 0.15) is 61.2 Å². The molecule has 2 aliphatic rings. The van der Waals surface area contributed by atoms with Crippen molar-refractivity contribution in [3.63, 3.8) is 0 Å². The number of amides is 1. The van der Waals surface area contributed by atoms with Crippen molar-refractivity contribution in [2.45, 2.75) is 56.4 Å². The molecule has 2 saturated heterocycles. The number of hydrogen-bond acceptors (Lipinski definition) is 6. The molecule has 9 nitrogen and oxygen atoms in total. The Bertz CT molecular complexity index is 953. The number of sulfonamides is 1. The standard InChI is InChI=1S/C19H27N5O4S/c1-2-23-14-16(13-20-23)29(26,27)24-10-6-15(7-11-24)17-12-18(28-21-17)19(25)22-8-4-3-5-9-22/h12-15H,2-11H2,1H3. The zero-order valence-corrected chi connectivity index (χ0v) is 17.5. The van der Waals surface area contributed by atoms with Gasteiger partial charge >= 0.3 is 0 Å². The lowest BCUT2D eigenvalue weighted by Crippen LogP contribution is -2.37. The molecule has 0 aliphatic carbocycles. The third-order valence-electron chi connectivity index (χ3n) is 5.83. The van der Waals surface area contributed by atoms with Gasteiger partial charge in [-0.15, -0.1) is 0 Å². The molecule has 2 aromatic heterocycles. The molecule has 2 aliphatic heterocycles. The number of nitrogens with zero attached hydrogens (tertiary/aromatic N) is 5. The number of aryl methyl sites for hydroxylation is 1. The zero-order chi connectivity index (χ0) is 20.4. The Labute approximate surface area is 170 Å². The predicted octanol–water partition coefficient (Wildman–Crippen LogP) is 2.09. The fraction of sp³-hybridized carbons (Fsp3) is 0.632. The van der Waals surface area contributed by atoms with Crippen LogP contribution in [0.3, 0.4) is 0 Å². The average molecular weight is 422 g/mol. The Morgan fingerprint density at radius 1 is 1.17 bits per heavy atom. The molecule has 0 aromatic carbocycles. The molecule has 0 radical (unpaired) electrons. The minimum atomic E-state index is -3.53. The fourth-order valence-corrected chi connectivity index (χ4v) is 5.45. The first-order chi connectivity index (χ1) is 14.0. The molecular formula is C19H27N5O4S. The van der Waals surface area contributed by atoms with E-state index in [4.69, 9.17) is 4.52 Å². The summed E-state index contributed by atoms with van der Waals surface area (Å²) in [6.07, 6.45) is 7.47. The van der Waals surface area contributed by atoms with Gasteiger partial charge in [-0.1, -0.05) is 5.16 Å². The van der Waals surface area contributed by atoms with Crippen molar-refractivity contribution in [2.75, 3.05) is 26.2 Å². The molecule has 0 spiro atoms.